The molecule has 0 aliphatic rings. The molecule has 0 saturated heterocycles. The zero-order valence-corrected chi connectivity index (χ0v) is 13.8. The number of rotatable bonds is 6. The molecule has 2 aromatic carbocycles. The predicted molar refractivity (Wildman–Crippen MR) is 90.7 cm³/mol. The lowest BCUT2D eigenvalue weighted by Gasteiger charge is -2.15. The molecule has 122 valence electrons. The number of hydrogen-bond donors (Lipinski definition) is 1. The average Bonchev–Trinajstić information content (AvgIpc) is 2.48. The number of benzene rings is 2. The third-order valence-corrected chi connectivity index (χ3v) is 3.42. The van der Waals surface area contributed by atoms with Crippen LogP contribution >= 0.6 is 0 Å². The van der Waals surface area contributed by atoms with Gasteiger partial charge in [0.2, 0.25) is 0 Å². The van der Waals surface area contributed by atoms with Gasteiger partial charge in [0.05, 0.1) is 6.61 Å². The highest BCUT2D eigenvalue weighted by Gasteiger charge is 2.17. The number of aryl methyl sites for hydroxylation is 2. The predicted octanol–water partition coefficient (Wildman–Crippen LogP) is 3.53. The number of esters is 1. The van der Waals surface area contributed by atoms with E-state index in [1.807, 2.05) is 50.2 Å². The summed E-state index contributed by atoms with van der Waals surface area (Å²) in [5, 5.41) is 0. The molecule has 2 N–H and O–H groups in total. The van der Waals surface area contributed by atoms with Gasteiger partial charge in [-0.3, -0.25) is 4.79 Å². The van der Waals surface area contributed by atoms with Gasteiger partial charge in [-0.1, -0.05) is 24.3 Å². The molecular weight excluding hydrogens is 290 g/mol. The summed E-state index contributed by atoms with van der Waals surface area (Å²) >= 11 is 0. The van der Waals surface area contributed by atoms with Gasteiger partial charge < -0.3 is 15.2 Å². The van der Waals surface area contributed by atoms with Crippen molar-refractivity contribution < 1.29 is 14.3 Å². The van der Waals surface area contributed by atoms with E-state index >= 15 is 0 Å². The van der Waals surface area contributed by atoms with E-state index in [0.29, 0.717) is 18.8 Å². The molecule has 0 bridgehead atoms. The van der Waals surface area contributed by atoms with E-state index in [2.05, 4.69) is 6.07 Å². The van der Waals surface area contributed by atoms with Crippen molar-refractivity contribution in [2.75, 3.05) is 6.61 Å². The lowest BCUT2D eigenvalue weighted by molar-refractivity contribution is -0.144. The maximum Gasteiger partial charge on any atom is 0.323 e. The lowest BCUT2D eigenvalue weighted by Crippen LogP contribution is -2.34. The molecule has 0 radical (unpaired) electrons. The van der Waals surface area contributed by atoms with Crippen molar-refractivity contribution in [1.82, 2.24) is 0 Å². The van der Waals surface area contributed by atoms with Gasteiger partial charge in [-0.05, 0) is 55.7 Å². The summed E-state index contributed by atoms with van der Waals surface area (Å²) in [5.41, 5.74) is 9.08. The Hall–Kier alpha value is -2.33. The van der Waals surface area contributed by atoms with Crippen LogP contribution in [0, 0.1) is 13.8 Å². The first-order chi connectivity index (χ1) is 11.0. The first kappa shape index (κ1) is 17.0. The smallest absolute Gasteiger partial charge is 0.323 e. The van der Waals surface area contributed by atoms with Crippen LogP contribution in [0.1, 0.15) is 23.6 Å². The first-order valence-corrected chi connectivity index (χ1v) is 7.76. The van der Waals surface area contributed by atoms with Crippen LogP contribution in [-0.2, 0) is 16.0 Å². The molecule has 4 heteroatoms. The van der Waals surface area contributed by atoms with E-state index < -0.39 is 12.0 Å². The molecule has 2 aromatic rings. The van der Waals surface area contributed by atoms with Crippen molar-refractivity contribution in [3.05, 3.63) is 59.2 Å². The number of nitrogens with two attached hydrogens (primary N) is 1. The molecule has 0 amide bonds. The van der Waals surface area contributed by atoms with E-state index in [0.717, 1.165) is 22.4 Å². The fourth-order valence-corrected chi connectivity index (χ4v) is 2.46. The molecule has 4 nitrogen and oxygen atoms in total. The molecule has 0 saturated carbocycles. The lowest BCUT2D eigenvalue weighted by atomic mass is 10.1. The van der Waals surface area contributed by atoms with Gasteiger partial charge in [0.25, 0.3) is 0 Å². The molecular formula is C19H23NO3. The molecule has 23 heavy (non-hydrogen) atoms. The van der Waals surface area contributed by atoms with Gasteiger partial charge in [-0.15, -0.1) is 0 Å². The van der Waals surface area contributed by atoms with Crippen molar-refractivity contribution in [2.45, 2.75) is 33.2 Å². The Bertz CT molecular complexity index is 662. The maximum atomic E-state index is 11.7. The summed E-state index contributed by atoms with van der Waals surface area (Å²) in [7, 11) is 0. The summed E-state index contributed by atoms with van der Waals surface area (Å²) in [6.45, 7) is 6.15. The van der Waals surface area contributed by atoms with E-state index in [9.17, 15) is 4.79 Å². The van der Waals surface area contributed by atoms with E-state index in [1.54, 1.807) is 6.92 Å². The normalized spacial score (nSPS) is 11.8. The average molecular weight is 313 g/mol. The Balaban J connectivity index is 2.18. The minimum atomic E-state index is -0.695. The van der Waals surface area contributed by atoms with Crippen LogP contribution in [0.15, 0.2) is 42.5 Å². The number of ether oxygens (including phenoxy) is 2. The van der Waals surface area contributed by atoms with Crippen LogP contribution in [0.25, 0.3) is 0 Å². The van der Waals surface area contributed by atoms with Gasteiger partial charge in [-0.2, -0.15) is 0 Å². The SMILES string of the molecule is CCOC(=O)C(N)Cc1ccccc1Oc1cc(C)cc(C)c1. The second kappa shape index (κ2) is 7.79. The standard InChI is InChI=1S/C19H23NO3/c1-4-22-19(21)17(20)12-15-7-5-6-8-18(15)23-16-10-13(2)9-14(3)11-16/h5-11,17H,4,12,20H2,1-3H3. The maximum absolute atomic E-state index is 11.7. The highest BCUT2D eigenvalue weighted by molar-refractivity contribution is 5.76. The molecule has 0 aliphatic carbocycles. The van der Waals surface area contributed by atoms with Crippen LogP contribution in [0.3, 0.4) is 0 Å². The van der Waals surface area contributed by atoms with E-state index in [-0.39, 0.29) is 0 Å². The zero-order valence-electron chi connectivity index (χ0n) is 13.8. The summed E-state index contributed by atoms with van der Waals surface area (Å²) in [6.07, 6.45) is 0.375. The molecule has 1 atom stereocenters. The number of carbonyl (C=O) groups is 1. The third-order valence-electron chi connectivity index (χ3n) is 3.42. The molecule has 1 unspecified atom stereocenters. The topological polar surface area (TPSA) is 61.5 Å². The summed E-state index contributed by atoms with van der Waals surface area (Å²) < 4.78 is 11.0. The third kappa shape index (κ3) is 4.83. The second-order valence-corrected chi connectivity index (χ2v) is 5.60. The molecule has 0 heterocycles. The van der Waals surface area contributed by atoms with Crippen LogP contribution in [0.5, 0.6) is 11.5 Å². The van der Waals surface area contributed by atoms with Crippen molar-refractivity contribution in [3.63, 3.8) is 0 Å². The zero-order chi connectivity index (χ0) is 16.8. The Kier molecular flexibility index (Phi) is 5.77. The summed E-state index contributed by atoms with van der Waals surface area (Å²) in [6, 6.07) is 13.0. The minimum Gasteiger partial charge on any atom is -0.465 e. The molecule has 0 aliphatic heterocycles. The van der Waals surface area contributed by atoms with Crippen LogP contribution < -0.4 is 10.5 Å². The fourth-order valence-electron chi connectivity index (χ4n) is 2.46. The number of carbonyl (C=O) groups excluding carboxylic acids is 1. The molecule has 2 rings (SSSR count). The highest BCUT2D eigenvalue weighted by Crippen LogP contribution is 2.27. The van der Waals surface area contributed by atoms with Gasteiger partial charge in [0.15, 0.2) is 0 Å². The Morgan fingerprint density at radius 1 is 1.13 bits per heavy atom. The fraction of sp³-hybridized carbons (Fsp3) is 0.316. The quantitative estimate of drug-likeness (QED) is 0.829. The van der Waals surface area contributed by atoms with Crippen molar-refractivity contribution in [2.24, 2.45) is 5.73 Å². The largest absolute Gasteiger partial charge is 0.465 e. The van der Waals surface area contributed by atoms with Crippen molar-refractivity contribution in [3.8, 4) is 11.5 Å². The summed E-state index contributed by atoms with van der Waals surface area (Å²) in [4.78, 5) is 11.7. The van der Waals surface area contributed by atoms with Crippen LogP contribution in [0.4, 0.5) is 0 Å². The van der Waals surface area contributed by atoms with Gasteiger partial charge in [0.1, 0.15) is 17.5 Å². The van der Waals surface area contributed by atoms with E-state index in [4.69, 9.17) is 15.2 Å². The monoisotopic (exact) mass is 313 g/mol. The molecule has 0 fully saturated rings. The van der Waals surface area contributed by atoms with E-state index in [1.165, 1.54) is 0 Å². The minimum absolute atomic E-state index is 0.327. The Labute approximate surface area is 137 Å². The second-order valence-electron chi connectivity index (χ2n) is 5.60. The van der Waals surface area contributed by atoms with Crippen LogP contribution in [0.2, 0.25) is 0 Å². The van der Waals surface area contributed by atoms with Gasteiger partial charge in [0, 0.05) is 6.42 Å². The molecule has 0 aromatic heterocycles. The Morgan fingerprint density at radius 2 is 1.78 bits per heavy atom. The van der Waals surface area contributed by atoms with Gasteiger partial charge in [-0.25, -0.2) is 0 Å². The highest BCUT2D eigenvalue weighted by atomic mass is 16.5. The Morgan fingerprint density at radius 3 is 2.43 bits per heavy atom. The summed E-state index contributed by atoms with van der Waals surface area (Å²) in [5.74, 6) is 1.09. The molecule has 0 spiro atoms. The van der Waals surface area contributed by atoms with Gasteiger partial charge >= 0.3 is 5.97 Å². The number of hydrogen-bond acceptors (Lipinski definition) is 4. The van der Waals surface area contributed by atoms with Crippen molar-refractivity contribution >= 4 is 5.97 Å². The van der Waals surface area contributed by atoms with Crippen molar-refractivity contribution in [1.29, 1.82) is 0 Å². The first-order valence-electron chi connectivity index (χ1n) is 7.76. The van der Waals surface area contributed by atoms with Crippen LogP contribution in [-0.4, -0.2) is 18.6 Å². The number of para-hydroxylation sites is 1.